The van der Waals surface area contributed by atoms with E-state index in [4.69, 9.17) is 23.8 Å². The Morgan fingerprint density at radius 1 is 1.21 bits per heavy atom. The van der Waals surface area contributed by atoms with E-state index in [0.29, 0.717) is 6.04 Å². The van der Waals surface area contributed by atoms with Gasteiger partial charge >= 0.3 is 0 Å². The highest BCUT2D eigenvalue weighted by molar-refractivity contribution is 7.71. The van der Waals surface area contributed by atoms with Crippen LogP contribution in [0.2, 0.25) is 5.02 Å². The van der Waals surface area contributed by atoms with E-state index < -0.39 is 0 Å². The van der Waals surface area contributed by atoms with Gasteiger partial charge in [-0.25, -0.2) is 0 Å². The third-order valence-electron chi connectivity index (χ3n) is 4.01. The number of anilines is 1. The van der Waals surface area contributed by atoms with Gasteiger partial charge in [-0.3, -0.25) is 0 Å². The largest absolute Gasteiger partial charge is 0.361 e. The number of halogens is 1. The monoisotopic (exact) mass is 378 g/mol. The first kappa shape index (κ1) is 17.3. The van der Waals surface area contributed by atoms with Gasteiger partial charge in [0.15, 0.2) is 0 Å². The SMILES string of the molecule is S=c1cc[nH]c2cc(Cl)ccc12.c1nnc(NC2CCCCC2)s1. The van der Waals surface area contributed by atoms with Crippen molar-refractivity contribution in [2.75, 3.05) is 5.32 Å². The molecule has 2 heterocycles. The number of aromatic nitrogens is 3. The molecule has 0 bridgehead atoms. The number of rotatable bonds is 2. The first-order valence-corrected chi connectivity index (χ1v) is 9.68. The minimum absolute atomic E-state index is 0.645. The molecule has 7 heteroatoms. The average Bonchev–Trinajstić information content (AvgIpc) is 3.09. The quantitative estimate of drug-likeness (QED) is 0.550. The summed E-state index contributed by atoms with van der Waals surface area (Å²) in [5.74, 6) is 0. The number of hydrogen-bond acceptors (Lipinski definition) is 5. The van der Waals surface area contributed by atoms with Crippen molar-refractivity contribution in [1.29, 1.82) is 0 Å². The predicted molar refractivity (Wildman–Crippen MR) is 105 cm³/mol. The Labute approximate surface area is 155 Å². The molecule has 1 aliphatic rings. The Hall–Kier alpha value is -1.50. The van der Waals surface area contributed by atoms with Crippen LogP contribution < -0.4 is 5.32 Å². The van der Waals surface area contributed by atoms with Gasteiger partial charge < -0.3 is 10.3 Å². The fourth-order valence-corrected chi connectivity index (χ4v) is 3.75. The molecular formula is C17H19ClN4S2. The normalized spacial score (nSPS) is 14.9. The lowest BCUT2D eigenvalue weighted by Gasteiger charge is -2.21. The zero-order valence-electron chi connectivity index (χ0n) is 13.2. The summed E-state index contributed by atoms with van der Waals surface area (Å²) in [5.41, 5.74) is 2.75. The zero-order chi connectivity index (χ0) is 16.8. The van der Waals surface area contributed by atoms with Crippen LogP contribution in [0.5, 0.6) is 0 Å². The number of H-pyrrole nitrogens is 1. The van der Waals surface area contributed by atoms with E-state index in [-0.39, 0.29) is 0 Å². The van der Waals surface area contributed by atoms with Gasteiger partial charge in [-0.05, 0) is 37.1 Å². The van der Waals surface area contributed by atoms with Crippen LogP contribution in [0.15, 0.2) is 36.0 Å². The van der Waals surface area contributed by atoms with E-state index in [9.17, 15) is 0 Å². The van der Waals surface area contributed by atoms with Crippen LogP contribution in [0.4, 0.5) is 5.13 Å². The summed E-state index contributed by atoms with van der Waals surface area (Å²) in [4.78, 5) is 3.08. The Kier molecular flexibility index (Phi) is 6.18. The highest BCUT2D eigenvalue weighted by atomic mass is 35.5. The second-order valence-corrected chi connectivity index (χ2v) is 7.46. The van der Waals surface area contributed by atoms with E-state index in [2.05, 4.69) is 20.5 Å². The average molecular weight is 379 g/mol. The molecule has 1 saturated carbocycles. The van der Waals surface area contributed by atoms with Crippen LogP contribution in [-0.2, 0) is 0 Å². The van der Waals surface area contributed by atoms with Crippen molar-refractivity contribution < 1.29 is 0 Å². The minimum atomic E-state index is 0.645. The van der Waals surface area contributed by atoms with Gasteiger partial charge in [0.2, 0.25) is 5.13 Å². The van der Waals surface area contributed by atoms with E-state index in [1.807, 2.05) is 30.5 Å². The molecule has 1 aliphatic carbocycles. The van der Waals surface area contributed by atoms with Crippen LogP contribution in [0.3, 0.4) is 0 Å². The lowest BCUT2D eigenvalue weighted by atomic mass is 9.96. The maximum atomic E-state index is 5.82. The molecule has 0 unspecified atom stereocenters. The van der Waals surface area contributed by atoms with E-state index in [0.717, 1.165) is 25.6 Å². The summed E-state index contributed by atoms with van der Waals surface area (Å²) in [6.45, 7) is 0. The fraction of sp³-hybridized carbons (Fsp3) is 0.353. The van der Waals surface area contributed by atoms with Crippen molar-refractivity contribution in [2.24, 2.45) is 0 Å². The van der Waals surface area contributed by atoms with Gasteiger partial charge in [-0.2, -0.15) is 0 Å². The van der Waals surface area contributed by atoms with Gasteiger partial charge in [-0.15, -0.1) is 10.2 Å². The van der Waals surface area contributed by atoms with Crippen molar-refractivity contribution in [3.63, 3.8) is 0 Å². The molecular weight excluding hydrogens is 360 g/mol. The number of fused-ring (bicyclic) bond motifs is 1. The summed E-state index contributed by atoms with van der Waals surface area (Å²) >= 11 is 12.5. The third kappa shape index (κ3) is 4.75. The summed E-state index contributed by atoms with van der Waals surface area (Å²) in [6, 6.07) is 8.15. The number of benzene rings is 1. The first-order chi connectivity index (χ1) is 11.7. The standard InChI is InChI=1S/C9H6ClNS.C8H13N3S/c10-6-1-2-7-8(5-6)11-4-3-9(7)12;1-2-4-7(5-3-1)10-8-11-9-6-12-8/h1-5H,(H,11,12);6-7H,1-5H2,(H,10,11). The number of pyridine rings is 1. The molecule has 126 valence electrons. The maximum Gasteiger partial charge on any atom is 0.205 e. The number of aromatic amines is 1. The molecule has 0 saturated heterocycles. The Balaban J connectivity index is 0.000000141. The number of hydrogen-bond donors (Lipinski definition) is 2. The van der Waals surface area contributed by atoms with E-state index in [1.54, 1.807) is 16.8 Å². The number of nitrogens with zero attached hydrogens (tertiary/aromatic N) is 2. The van der Waals surface area contributed by atoms with Crippen molar-refractivity contribution >= 4 is 51.2 Å². The lowest BCUT2D eigenvalue weighted by molar-refractivity contribution is 0.462. The summed E-state index contributed by atoms with van der Waals surface area (Å²) < 4.78 is 0.848. The maximum absolute atomic E-state index is 5.82. The highest BCUT2D eigenvalue weighted by Crippen LogP contribution is 2.21. The molecule has 2 N–H and O–H groups in total. The van der Waals surface area contributed by atoms with Gasteiger partial charge in [0.1, 0.15) is 5.51 Å². The Morgan fingerprint density at radius 2 is 2.04 bits per heavy atom. The van der Waals surface area contributed by atoms with Gasteiger partial charge in [-0.1, -0.05) is 54.4 Å². The molecule has 0 aliphatic heterocycles. The summed E-state index contributed by atoms with van der Waals surface area (Å²) in [7, 11) is 0. The molecule has 3 aromatic rings. The van der Waals surface area contributed by atoms with Crippen LogP contribution in [-0.4, -0.2) is 21.2 Å². The molecule has 1 aromatic carbocycles. The van der Waals surface area contributed by atoms with Crippen LogP contribution in [0, 0.1) is 4.51 Å². The molecule has 2 aromatic heterocycles. The molecule has 1 fully saturated rings. The zero-order valence-corrected chi connectivity index (χ0v) is 15.6. The van der Waals surface area contributed by atoms with Crippen molar-refractivity contribution in [1.82, 2.24) is 15.2 Å². The second kappa shape index (κ2) is 8.55. The van der Waals surface area contributed by atoms with E-state index >= 15 is 0 Å². The Bertz CT molecular complexity index is 826. The number of nitrogens with one attached hydrogen (secondary N) is 2. The van der Waals surface area contributed by atoms with E-state index in [1.165, 1.54) is 32.1 Å². The summed E-state index contributed by atoms with van der Waals surface area (Å²) in [6.07, 6.45) is 8.52. The molecule has 0 spiro atoms. The molecule has 24 heavy (non-hydrogen) atoms. The van der Waals surface area contributed by atoms with Crippen LogP contribution in [0.25, 0.3) is 10.9 Å². The van der Waals surface area contributed by atoms with Crippen LogP contribution >= 0.6 is 35.2 Å². The Morgan fingerprint density at radius 3 is 2.79 bits per heavy atom. The second-order valence-electron chi connectivity index (χ2n) is 5.75. The molecule has 0 radical (unpaired) electrons. The topological polar surface area (TPSA) is 53.6 Å². The van der Waals surface area contributed by atoms with Gasteiger partial charge in [0.05, 0.1) is 0 Å². The fourth-order valence-electron chi connectivity index (χ4n) is 2.81. The van der Waals surface area contributed by atoms with Crippen LogP contribution in [0.1, 0.15) is 32.1 Å². The van der Waals surface area contributed by atoms with Gasteiger partial charge in [0.25, 0.3) is 0 Å². The van der Waals surface area contributed by atoms with Crippen molar-refractivity contribution in [2.45, 2.75) is 38.1 Å². The third-order valence-corrected chi connectivity index (χ3v) is 5.23. The molecule has 4 nitrogen and oxygen atoms in total. The minimum Gasteiger partial charge on any atom is -0.361 e. The van der Waals surface area contributed by atoms with Gasteiger partial charge in [0, 0.05) is 32.7 Å². The summed E-state index contributed by atoms with van der Waals surface area (Å²) in [5, 5.41) is 13.9. The molecule has 0 atom stereocenters. The predicted octanol–water partition coefficient (Wildman–Crippen LogP) is 5.83. The first-order valence-electron chi connectivity index (χ1n) is 8.02. The highest BCUT2D eigenvalue weighted by Gasteiger charge is 2.13. The molecule has 4 rings (SSSR count). The smallest absolute Gasteiger partial charge is 0.205 e. The van der Waals surface area contributed by atoms with Crippen molar-refractivity contribution in [3.8, 4) is 0 Å². The molecule has 0 amide bonds. The lowest BCUT2D eigenvalue weighted by Crippen LogP contribution is -2.21. The van der Waals surface area contributed by atoms with Crippen molar-refractivity contribution in [3.05, 3.63) is 45.5 Å².